The van der Waals surface area contributed by atoms with E-state index in [0.29, 0.717) is 5.92 Å². The molecule has 46 heavy (non-hydrogen) atoms. The van der Waals surface area contributed by atoms with E-state index in [1.807, 2.05) is 24.5 Å². The monoisotopic (exact) mass is 683 g/mol. The summed E-state index contributed by atoms with van der Waals surface area (Å²) in [6, 6.07) is 11.0. The Morgan fingerprint density at radius 2 is 1.24 bits per heavy atom. The van der Waals surface area contributed by atoms with Crippen molar-refractivity contribution in [3.8, 4) is 0 Å². The third kappa shape index (κ3) is 15.8. The molecule has 2 saturated heterocycles. The highest BCUT2D eigenvalue weighted by molar-refractivity contribution is 5.73. The maximum absolute atomic E-state index is 13.4. The molecule has 2 atom stereocenters. The number of hydrogen-bond acceptors (Lipinski definition) is 7. The van der Waals surface area contributed by atoms with Gasteiger partial charge in [0.25, 0.3) is 0 Å². The number of benzene rings is 1. The first-order valence-corrected chi connectivity index (χ1v) is 12.7. The van der Waals surface area contributed by atoms with E-state index in [0.717, 1.165) is 51.4 Å². The van der Waals surface area contributed by atoms with Crippen LogP contribution in [0.4, 0.5) is 43.9 Å². The predicted octanol–water partition coefficient (Wildman–Crippen LogP) is 4.45. The number of halogens is 10. The van der Waals surface area contributed by atoms with E-state index in [1.165, 1.54) is 11.6 Å². The maximum Gasteiger partial charge on any atom is 0.490 e. The van der Waals surface area contributed by atoms with E-state index in [2.05, 4.69) is 20.9 Å². The molecule has 2 aromatic rings. The molecule has 0 unspecified atom stereocenters. The molecule has 3 heterocycles. The fourth-order valence-electron chi connectivity index (χ4n) is 3.96. The molecule has 20 heteroatoms. The number of ether oxygens (including phenoxy) is 1. The summed E-state index contributed by atoms with van der Waals surface area (Å²) in [7, 11) is 0. The highest BCUT2D eigenvalue weighted by Crippen LogP contribution is 2.26. The van der Waals surface area contributed by atoms with Gasteiger partial charge in [0.1, 0.15) is 5.82 Å². The second-order valence-corrected chi connectivity index (χ2v) is 9.50. The summed E-state index contributed by atoms with van der Waals surface area (Å²) >= 11 is 0. The fraction of sp³-hybridized carbons (Fsp3) is 0.462. The van der Waals surface area contributed by atoms with Crippen LogP contribution in [0.3, 0.4) is 0 Å². The summed E-state index contributed by atoms with van der Waals surface area (Å²) in [5.74, 6) is -7.93. The zero-order valence-corrected chi connectivity index (χ0v) is 23.3. The number of carboxylic acids is 3. The van der Waals surface area contributed by atoms with E-state index in [9.17, 15) is 43.9 Å². The summed E-state index contributed by atoms with van der Waals surface area (Å²) in [5.41, 5.74) is 2.28. The molecule has 0 saturated carbocycles. The van der Waals surface area contributed by atoms with Crippen LogP contribution in [0.25, 0.3) is 0 Å². The molecule has 3 N–H and O–H groups in total. The number of fused-ring (bicyclic) bond motifs is 1. The Morgan fingerprint density at radius 3 is 1.70 bits per heavy atom. The molecule has 2 aliphatic heterocycles. The SMILES string of the molecule is Fc1cccc(CN2C[C@@H]3CN(Cc4cccnc4)CCO[C@@H]3C2)c1.O=C(O)C(F)(F)F.O=C(O)C(F)(F)F.O=C(O)C(F)(F)F. The van der Waals surface area contributed by atoms with Gasteiger partial charge >= 0.3 is 36.4 Å². The summed E-state index contributed by atoms with van der Waals surface area (Å²) in [6.45, 7) is 6.42. The normalized spacial score (nSPS) is 18.7. The van der Waals surface area contributed by atoms with Crippen molar-refractivity contribution in [3.05, 3.63) is 65.7 Å². The molecule has 10 nitrogen and oxygen atoms in total. The highest BCUT2D eigenvalue weighted by Gasteiger charge is 2.40. The molecule has 0 radical (unpaired) electrons. The third-order valence-electron chi connectivity index (χ3n) is 5.84. The summed E-state index contributed by atoms with van der Waals surface area (Å²) in [5, 5.41) is 21.4. The average molecular weight is 683 g/mol. The Hall–Kier alpha value is -4.04. The lowest BCUT2D eigenvalue weighted by atomic mass is 10.1. The molecule has 1 aromatic heterocycles. The summed E-state index contributed by atoms with van der Waals surface area (Å²) < 4.78 is 115. The maximum atomic E-state index is 13.4. The van der Waals surface area contributed by atoms with Crippen molar-refractivity contribution in [2.45, 2.75) is 37.7 Å². The molecule has 2 fully saturated rings. The molecule has 1 aromatic carbocycles. The van der Waals surface area contributed by atoms with Gasteiger partial charge in [0.15, 0.2) is 0 Å². The number of aliphatic carboxylic acids is 3. The van der Waals surface area contributed by atoms with Crippen molar-refractivity contribution in [3.63, 3.8) is 0 Å². The van der Waals surface area contributed by atoms with Gasteiger partial charge in [-0.05, 0) is 29.3 Å². The van der Waals surface area contributed by atoms with Gasteiger partial charge in [-0.1, -0.05) is 18.2 Å². The number of pyridine rings is 1. The van der Waals surface area contributed by atoms with Crippen LogP contribution in [0.2, 0.25) is 0 Å². The predicted molar refractivity (Wildman–Crippen MR) is 135 cm³/mol. The van der Waals surface area contributed by atoms with Crippen molar-refractivity contribution in [2.75, 3.05) is 32.8 Å². The van der Waals surface area contributed by atoms with Crippen LogP contribution in [0.15, 0.2) is 48.8 Å². The van der Waals surface area contributed by atoms with Crippen LogP contribution in [0, 0.1) is 11.7 Å². The van der Waals surface area contributed by atoms with E-state index in [-0.39, 0.29) is 11.9 Å². The first-order chi connectivity index (χ1) is 21.1. The van der Waals surface area contributed by atoms with E-state index < -0.39 is 36.4 Å². The van der Waals surface area contributed by atoms with Crippen molar-refractivity contribution < 1.29 is 78.3 Å². The first kappa shape index (κ1) is 40.0. The topological polar surface area (TPSA) is 140 Å². The van der Waals surface area contributed by atoms with Crippen molar-refractivity contribution >= 4 is 17.9 Å². The number of rotatable bonds is 4. The highest BCUT2D eigenvalue weighted by atomic mass is 19.4. The lowest BCUT2D eigenvalue weighted by Gasteiger charge is -2.23. The van der Waals surface area contributed by atoms with Gasteiger partial charge in [-0.2, -0.15) is 39.5 Å². The zero-order valence-electron chi connectivity index (χ0n) is 23.3. The van der Waals surface area contributed by atoms with Gasteiger partial charge < -0.3 is 20.1 Å². The van der Waals surface area contributed by atoms with Crippen molar-refractivity contribution in [1.82, 2.24) is 14.8 Å². The van der Waals surface area contributed by atoms with Crippen LogP contribution in [0.5, 0.6) is 0 Å². The lowest BCUT2D eigenvalue weighted by Crippen LogP contribution is -2.32. The van der Waals surface area contributed by atoms with Gasteiger partial charge in [0, 0.05) is 57.6 Å². The molecule has 0 amide bonds. The Balaban J connectivity index is 0.000000413. The van der Waals surface area contributed by atoms with Gasteiger partial charge in [-0.15, -0.1) is 0 Å². The molecule has 0 spiro atoms. The number of alkyl halides is 9. The number of hydrogen-bond donors (Lipinski definition) is 3. The number of carboxylic acid groups (broad SMARTS) is 3. The molecule has 0 bridgehead atoms. The molecule has 2 aliphatic rings. The standard InChI is InChI=1S/C20H24FN3O.3C2HF3O2/c21-19-5-1-3-16(9-19)11-24-14-18-13-23(7-8-25-20(18)15-24)12-17-4-2-6-22-10-17;3*3-2(4,5)1(6)7/h1-6,9-10,18,20H,7-8,11-15H2;3*(H,6,7)/t18-,20+;;;/m0.../s1. The number of nitrogens with zero attached hydrogens (tertiary/aromatic N) is 3. The second-order valence-electron chi connectivity index (χ2n) is 9.50. The molecular formula is C26H27F10N3O7. The Labute approximate surface area is 253 Å². The average Bonchev–Trinajstić information content (AvgIpc) is 3.19. The minimum Gasteiger partial charge on any atom is -0.475 e. The zero-order chi connectivity index (χ0) is 35.3. The van der Waals surface area contributed by atoms with Gasteiger partial charge in [0.2, 0.25) is 0 Å². The lowest BCUT2D eigenvalue weighted by molar-refractivity contribution is -0.193. The van der Waals surface area contributed by atoms with Gasteiger partial charge in [-0.3, -0.25) is 14.8 Å². The molecule has 258 valence electrons. The van der Waals surface area contributed by atoms with Crippen LogP contribution in [-0.4, -0.2) is 105 Å². The minimum atomic E-state index is -5.08. The quantitative estimate of drug-likeness (QED) is 0.396. The van der Waals surface area contributed by atoms with Gasteiger partial charge in [-0.25, -0.2) is 18.8 Å². The molecular weight excluding hydrogens is 656 g/mol. The Bertz CT molecular complexity index is 1200. The van der Waals surface area contributed by atoms with Crippen LogP contribution >= 0.6 is 0 Å². The van der Waals surface area contributed by atoms with Gasteiger partial charge in [0.05, 0.1) is 12.7 Å². The van der Waals surface area contributed by atoms with Crippen molar-refractivity contribution in [1.29, 1.82) is 0 Å². The van der Waals surface area contributed by atoms with E-state index in [1.54, 1.807) is 12.1 Å². The molecule has 4 rings (SSSR count). The third-order valence-corrected chi connectivity index (χ3v) is 5.84. The minimum absolute atomic E-state index is 0.162. The first-order valence-electron chi connectivity index (χ1n) is 12.7. The van der Waals surface area contributed by atoms with Crippen LogP contribution < -0.4 is 0 Å². The number of aromatic nitrogens is 1. The second kappa shape index (κ2) is 17.6. The van der Waals surface area contributed by atoms with E-state index in [4.69, 9.17) is 34.4 Å². The van der Waals surface area contributed by atoms with Crippen LogP contribution in [0.1, 0.15) is 11.1 Å². The summed E-state index contributed by atoms with van der Waals surface area (Å²) in [6.07, 6.45) is -11.2. The largest absolute Gasteiger partial charge is 0.490 e. The number of carbonyl (C=O) groups is 3. The summed E-state index contributed by atoms with van der Waals surface area (Å²) in [4.78, 5) is 35.7. The van der Waals surface area contributed by atoms with Crippen LogP contribution in [-0.2, 0) is 32.2 Å². The fourth-order valence-corrected chi connectivity index (χ4v) is 3.96. The molecule has 0 aliphatic carbocycles. The Kier molecular flexibility index (Phi) is 15.3. The Morgan fingerprint density at radius 1 is 0.761 bits per heavy atom. The van der Waals surface area contributed by atoms with Crippen molar-refractivity contribution in [2.24, 2.45) is 5.92 Å². The van der Waals surface area contributed by atoms with E-state index >= 15 is 0 Å². The smallest absolute Gasteiger partial charge is 0.475 e. The number of likely N-dealkylation sites (tertiary alicyclic amines) is 1.